The highest BCUT2D eigenvalue weighted by molar-refractivity contribution is 5.96. The molecule has 2 rings (SSSR count). The topological polar surface area (TPSA) is 70.7 Å². The summed E-state index contributed by atoms with van der Waals surface area (Å²) < 4.78 is 40.7. The number of halogens is 3. The van der Waals surface area contributed by atoms with E-state index in [4.69, 9.17) is 0 Å². The Morgan fingerprint density at radius 3 is 2.74 bits per heavy atom. The molecule has 1 aromatic rings. The molecular weight excluding hydrogens is 315 g/mol. The van der Waals surface area contributed by atoms with Crippen molar-refractivity contribution in [3.63, 3.8) is 0 Å². The van der Waals surface area contributed by atoms with Gasteiger partial charge in [-0.3, -0.25) is 10.1 Å². The van der Waals surface area contributed by atoms with Crippen LogP contribution in [0.1, 0.15) is 12.0 Å². The number of benzene rings is 1. The number of imide groups is 1. The number of anilines is 1. The first kappa shape index (κ1) is 16.9. The number of nitrogens with one attached hydrogen (secondary N) is 2. The molecule has 3 amide bonds. The molecule has 0 saturated carbocycles. The van der Waals surface area contributed by atoms with Gasteiger partial charge in [0.2, 0.25) is 5.91 Å². The fourth-order valence-corrected chi connectivity index (χ4v) is 2.41. The third kappa shape index (κ3) is 4.76. The lowest BCUT2D eigenvalue weighted by molar-refractivity contribution is -0.274. The molecule has 1 aliphatic rings. The highest BCUT2D eigenvalue weighted by Crippen LogP contribution is 2.32. The summed E-state index contributed by atoms with van der Waals surface area (Å²) >= 11 is 0. The van der Waals surface area contributed by atoms with Crippen LogP contribution in [-0.2, 0) is 11.2 Å². The second-order valence-electron chi connectivity index (χ2n) is 4.99. The monoisotopic (exact) mass is 331 g/mol. The predicted molar refractivity (Wildman–Crippen MR) is 76.3 cm³/mol. The van der Waals surface area contributed by atoms with Gasteiger partial charge in [0.1, 0.15) is 5.75 Å². The Hall–Kier alpha value is -2.45. The van der Waals surface area contributed by atoms with Crippen molar-refractivity contribution in [2.24, 2.45) is 0 Å². The van der Waals surface area contributed by atoms with Crippen LogP contribution in [0.2, 0.25) is 0 Å². The van der Waals surface area contributed by atoms with Crippen molar-refractivity contribution in [3.8, 4) is 5.75 Å². The summed E-state index contributed by atoms with van der Waals surface area (Å²) in [6.07, 6.45) is -3.45. The standard InChI is InChI=1S/C14H16F3N3O3/c1-18-13(22)19-12(21)8-20-6-2-3-9-7-10(4-5-11(9)20)23-14(15,16)17/h4-5,7H,2-3,6,8H2,1H3,(H2,18,19,21,22). The van der Waals surface area contributed by atoms with E-state index in [1.165, 1.54) is 25.2 Å². The maximum atomic E-state index is 12.3. The first-order valence-corrected chi connectivity index (χ1v) is 6.93. The van der Waals surface area contributed by atoms with Crippen LogP contribution in [-0.4, -0.2) is 38.4 Å². The quantitative estimate of drug-likeness (QED) is 0.886. The van der Waals surface area contributed by atoms with E-state index in [0.29, 0.717) is 30.6 Å². The van der Waals surface area contributed by atoms with Crippen LogP contribution in [0, 0.1) is 0 Å². The largest absolute Gasteiger partial charge is 0.573 e. The van der Waals surface area contributed by atoms with E-state index in [2.05, 4.69) is 15.4 Å². The molecular formula is C14H16F3N3O3. The third-order valence-corrected chi connectivity index (χ3v) is 3.31. The smallest absolute Gasteiger partial charge is 0.406 e. The zero-order valence-electron chi connectivity index (χ0n) is 12.4. The van der Waals surface area contributed by atoms with E-state index in [1.54, 1.807) is 4.90 Å². The molecule has 0 saturated heterocycles. The van der Waals surface area contributed by atoms with E-state index >= 15 is 0 Å². The number of aryl methyl sites for hydroxylation is 1. The zero-order valence-corrected chi connectivity index (χ0v) is 12.4. The van der Waals surface area contributed by atoms with E-state index < -0.39 is 18.3 Å². The Morgan fingerprint density at radius 1 is 1.35 bits per heavy atom. The predicted octanol–water partition coefficient (Wildman–Crippen LogP) is 1.79. The van der Waals surface area contributed by atoms with Crippen molar-refractivity contribution in [1.82, 2.24) is 10.6 Å². The molecule has 0 radical (unpaired) electrons. The molecule has 0 atom stereocenters. The normalized spacial score (nSPS) is 14.0. The SMILES string of the molecule is CNC(=O)NC(=O)CN1CCCc2cc(OC(F)(F)F)ccc21. The lowest BCUT2D eigenvalue weighted by Gasteiger charge is -2.31. The summed E-state index contributed by atoms with van der Waals surface area (Å²) in [5.74, 6) is -0.777. The first-order chi connectivity index (χ1) is 10.8. The van der Waals surface area contributed by atoms with Gasteiger partial charge < -0.3 is 15.0 Å². The van der Waals surface area contributed by atoms with Crippen molar-refractivity contribution >= 4 is 17.6 Å². The number of urea groups is 1. The summed E-state index contributed by atoms with van der Waals surface area (Å²) in [7, 11) is 1.39. The second kappa shape index (κ2) is 6.76. The highest BCUT2D eigenvalue weighted by Gasteiger charge is 2.31. The lowest BCUT2D eigenvalue weighted by Crippen LogP contribution is -2.44. The van der Waals surface area contributed by atoms with Crippen molar-refractivity contribution < 1.29 is 27.5 Å². The fourth-order valence-electron chi connectivity index (χ4n) is 2.41. The van der Waals surface area contributed by atoms with Crippen LogP contribution in [0.4, 0.5) is 23.7 Å². The summed E-state index contributed by atoms with van der Waals surface area (Å²) in [6.45, 7) is 0.521. The van der Waals surface area contributed by atoms with E-state index in [0.717, 1.165) is 0 Å². The zero-order chi connectivity index (χ0) is 17.0. The van der Waals surface area contributed by atoms with E-state index in [1.807, 2.05) is 0 Å². The van der Waals surface area contributed by atoms with Crippen molar-refractivity contribution in [1.29, 1.82) is 0 Å². The summed E-state index contributed by atoms with van der Waals surface area (Å²) in [6, 6.07) is 3.41. The Labute approximate surface area is 130 Å². The number of amides is 3. The van der Waals surface area contributed by atoms with Gasteiger partial charge in [-0.2, -0.15) is 0 Å². The molecule has 0 spiro atoms. The first-order valence-electron chi connectivity index (χ1n) is 6.93. The number of hydrogen-bond donors (Lipinski definition) is 2. The van der Waals surface area contributed by atoms with Crippen LogP contribution in [0.3, 0.4) is 0 Å². The van der Waals surface area contributed by atoms with Crippen molar-refractivity contribution in [3.05, 3.63) is 23.8 Å². The number of carbonyl (C=O) groups excluding carboxylic acids is 2. The summed E-state index contributed by atoms with van der Waals surface area (Å²) in [5.41, 5.74) is 1.34. The van der Waals surface area contributed by atoms with Gasteiger partial charge in [-0.1, -0.05) is 0 Å². The van der Waals surface area contributed by atoms with Crippen LogP contribution in [0.5, 0.6) is 5.75 Å². The number of ether oxygens (including phenoxy) is 1. The molecule has 126 valence electrons. The van der Waals surface area contributed by atoms with Crippen LogP contribution >= 0.6 is 0 Å². The van der Waals surface area contributed by atoms with Gasteiger partial charge in [-0.05, 0) is 36.6 Å². The van der Waals surface area contributed by atoms with Gasteiger partial charge in [-0.15, -0.1) is 13.2 Å². The number of hydrogen-bond acceptors (Lipinski definition) is 4. The molecule has 9 heteroatoms. The van der Waals surface area contributed by atoms with E-state index in [9.17, 15) is 22.8 Å². The fraction of sp³-hybridized carbons (Fsp3) is 0.429. The van der Waals surface area contributed by atoms with Gasteiger partial charge in [0, 0.05) is 19.3 Å². The van der Waals surface area contributed by atoms with Crippen molar-refractivity contribution in [2.45, 2.75) is 19.2 Å². The van der Waals surface area contributed by atoms with Gasteiger partial charge in [-0.25, -0.2) is 4.79 Å². The maximum absolute atomic E-state index is 12.3. The molecule has 2 N–H and O–H groups in total. The molecule has 0 fully saturated rings. The second-order valence-corrected chi connectivity index (χ2v) is 4.99. The Bertz CT molecular complexity index is 605. The van der Waals surface area contributed by atoms with Gasteiger partial charge in [0.05, 0.1) is 6.54 Å². The molecule has 1 heterocycles. The molecule has 0 bridgehead atoms. The van der Waals surface area contributed by atoms with Crippen LogP contribution in [0.15, 0.2) is 18.2 Å². The molecule has 1 aliphatic heterocycles. The molecule has 1 aromatic carbocycles. The lowest BCUT2D eigenvalue weighted by atomic mass is 10.0. The number of fused-ring (bicyclic) bond motifs is 1. The van der Waals surface area contributed by atoms with Crippen LogP contribution in [0.25, 0.3) is 0 Å². The Kier molecular flexibility index (Phi) is 4.97. The average Bonchev–Trinajstić information content (AvgIpc) is 2.45. The molecule has 23 heavy (non-hydrogen) atoms. The number of rotatable bonds is 3. The average molecular weight is 331 g/mol. The number of nitrogens with zero attached hydrogens (tertiary/aromatic N) is 1. The van der Waals surface area contributed by atoms with Gasteiger partial charge in [0.15, 0.2) is 0 Å². The molecule has 6 nitrogen and oxygen atoms in total. The molecule has 0 unspecified atom stereocenters. The molecule has 0 aliphatic carbocycles. The Balaban J connectivity index is 2.10. The van der Waals surface area contributed by atoms with Crippen LogP contribution < -0.4 is 20.3 Å². The van der Waals surface area contributed by atoms with E-state index in [-0.39, 0.29) is 12.3 Å². The third-order valence-electron chi connectivity index (χ3n) is 3.31. The van der Waals surface area contributed by atoms with Gasteiger partial charge in [0.25, 0.3) is 0 Å². The van der Waals surface area contributed by atoms with Gasteiger partial charge >= 0.3 is 12.4 Å². The van der Waals surface area contributed by atoms with Crippen molar-refractivity contribution in [2.75, 3.05) is 25.0 Å². The number of carbonyl (C=O) groups is 2. The minimum absolute atomic E-state index is 0.0557. The summed E-state index contributed by atoms with van der Waals surface area (Å²) in [5, 5.41) is 4.42. The minimum Gasteiger partial charge on any atom is -0.406 e. The highest BCUT2D eigenvalue weighted by atomic mass is 19.4. The minimum atomic E-state index is -4.74. The Morgan fingerprint density at radius 2 is 2.09 bits per heavy atom. The number of alkyl halides is 3. The maximum Gasteiger partial charge on any atom is 0.573 e. The molecule has 0 aromatic heterocycles. The summed E-state index contributed by atoms with van der Waals surface area (Å²) in [4.78, 5) is 24.6.